The summed E-state index contributed by atoms with van der Waals surface area (Å²) in [5.74, 6) is -1.32. The maximum absolute atomic E-state index is 12.7. The number of carboxylic acids is 1. The maximum Gasteiger partial charge on any atom is 0.354 e. The van der Waals surface area contributed by atoms with E-state index < -0.39 is 11.6 Å². The summed E-state index contributed by atoms with van der Waals surface area (Å²) in [5.41, 5.74) is 4.47. The molecule has 2 aromatic carbocycles. The standard InChI is InChI=1S/C27H32N2O4/c1-6-7-12-23-22(24(25(30)31)29(5)28-23)17-18-13-15-19(16-14-18)20-10-8-9-11-21(20)26(32)33-27(2,3)4/h8-11,13-16H,6-7,12,17H2,1-5H3,(H,30,31). The normalized spacial score (nSPS) is 11.4. The van der Waals surface area contributed by atoms with E-state index in [1.165, 1.54) is 4.68 Å². The van der Waals surface area contributed by atoms with E-state index in [2.05, 4.69) is 12.0 Å². The van der Waals surface area contributed by atoms with Crippen LogP contribution in [-0.2, 0) is 24.6 Å². The van der Waals surface area contributed by atoms with E-state index in [1.807, 2.05) is 63.2 Å². The van der Waals surface area contributed by atoms with Crippen molar-refractivity contribution in [3.8, 4) is 11.1 Å². The molecule has 0 saturated heterocycles. The lowest BCUT2D eigenvalue weighted by Gasteiger charge is -2.20. The molecule has 1 N–H and O–H groups in total. The number of benzene rings is 2. The molecule has 6 heteroatoms. The number of aryl methyl sites for hydroxylation is 2. The zero-order valence-corrected chi connectivity index (χ0v) is 20.0. The Balaban J connectivity index is 1.90. The molecule has 0 aliphatic carbocycles. The van der Waals surface area contributed by atoms with Crippen molar-refractivity contribution < 1.29 is 19.4 Å². The van der Waals surface area contributed by atoms with Gasteiger partial charge in [0.2, 0.25) is 0 Å². The van der Waals surface area contributed by atoms with E-state index in [0.717, 1.165) is 47.2 Å². The fourth-order valence-electron chi connectivity index (χ4n) is 3.87. The molecule has 0 bridgehead atoms. The average molecular weight is 449 g/mol. The molecule has 0 aliphatic rings. The number of hydrogen-bond acceptors (Lipinski definition) is 4. The van der Waals surface area contributed by atoms with E-state index in [0.29, 0.717) is 12.0 Å². The van der Waals surface area contributed by atoms with E-state index in [4.69, 9.17) is 4.74 Å². The van der Waals surface area contributed by atoms with E-state index in [-0.39, 0.29) is 11.7 Å². The number of aromatic nitrogens is 2. The Hall–Kier alpha value is -3.41. The van der Waals surface area contributed by atoms with Gasteiger partial charge in [0.25, 0.3) is 0 Å². The fourth-order valence-corrected chi connectivity index (χ4v) is 3.87. The summed E-state index contributed by atoms with van der Waals surface area (Å²) >= 11 is 0. The monoisotopic (exact) mass is 448 g/mol. The summed E-state index contributed by atoms with van der Waals surface area (Å²) in [6.45, 7) is 7.65. The van der Waals surface area contributed by atoms with Gasteiger partial charge in [0.15, 0.2) is 0 Å². The second-order valence-electron chi connectivity index (χ2n) is 9.23. The maximum atomic E-state index is 12.7. The summed E-state index contributed by atoms with van der Waals surface area (Å²) in [6, 6.07) is 15.3. The van der Waals surface area contributed by atoms with Gasteiger partial charge in [0.1, 0.15) is 11.3 Å². The van der Waals surface area contributed by atoms with Crippen LogP contribution in [0.4, 0.5) is 0 Å². The van der Waals surface area contributed by atoms with Crippen LogP contribution >= 0.6 is 0 Å². The van der Waals surface area contributed by atoms with Crippen LogP contribution in [0.1, 0.15) is 78.2 Å². The van der Waals surface area contributed by atoms with Gasteiger partial charge in [-0.2, -0.15) is 5.10 Å². The molecule has 33 heavy (non-hydrogen) atoms. The quantitative estimate of drug-likeness (QED) is 0.449. The van der Waals surface area contributed by atoms with Gasteiger partial charge < -0.3 is 9.84 Å². The lowest BCUT2D eigenvalue weighted by molar-refractivity contribution is 0.00702. The number of esters is 1. The minimum atomic E-state index is -0.967. The number of carbonyl (C=O) groups is 2. The molecule has 0 fully saturated rings. The Kier molecular flexibility index (Phi) is 7.36. The van der Waals surface area contributed by atoms with Crippen LogP contribution in [0.2, 0.25) is 0 Å². The summed E-state index contributed by atoms with van der Waals surface area (Å²) in [6.07, 6.45) is 3.23. The van der Waals surface area contributed by atoms with Crippen molar-refractivity contribution in [2.75, 3.05) is 0 Å². The molecule has 0 spiro atoms. The van der Waals surface area contributed by atoms with Crippen molar-refractivity contribution in [3.05, 3.63) is 76.6 Å². The minimum Gasteiger partial charge on any atom is -0.477 e. The Labute approximate surface area is 195 Å². The first kappa shape index (κ1) is 24.2. The first-order chi connectivity index (χ1) is 15.6. The third-order valence-corrected chi connectivity index (χ3v) is 5.39. The second-order valence-corrected chi connectivity index (χ2v) is 9.23. The van der Waals surface area contributed by atoms with Crippen molar-refractivity contribution in [1.82, 2.24) is 9.78 Å². The highest BCUT2D eigenvalue weighted by molar-refractivity contribution is 5.97. The van der Waals surface area contributed by atoms with Gasteiger partial charge >= 0.3 is 11.9 Å². The number of carboxylic acid groups (broad SMARTS) is 1. The molecule has 0 radical (unpaired) electrons. The molecule has 0 unspecified atom stereocenters. The highest BCUT2D eigenvalue weighted by atomic mass is 16.6. The first-order valence-electron chi connectivity index (χ1n) is 11.3. The molecule has 1 heterocycles. The summed E-state index contributed by atoms with van der Waals surface area (Å²) in [5, 5.41) is 14.2. The van der Waals surface area contributed by atoms with Crippen LogP contribution in [0.5, 0.6) is 0 Å². The number of unbranched alkanes of at least 4 members (excludes halogenated alkanes) is 1. The van der Waals surface area contributed by atoms with E-state index in [1.54, 1.807) is 13.1 Å². The molecule has 0 aliphatic heterocycles. The molecule has 0 saturated carbocycles. The molecule has 1 aromatic heterocycles. The van der Waals surface area contributed by atoms with E-state index in [9.17, 15) is 14.7 Å². The number of hydrogen-bond donors (Lipinski definition) is 1. The van der Waals surface area contributed by atoms with Gasteiger partial charge in [-0.15, -0.1) is 0 Å². The number of nitrogens with zero attached hydrogens (tertiary/aromatic N) is 2. The third-order valence-electron chi connectivity index (χ3n) is 5.39. The Morgan fingerprint density at radius 1 is 1.06 bits per heavy atom. The molecule has 0 atom stereocenters. The summed E-state index contributed by atoms with van der Waals surface area (Å²) in [7, 11) is 1.68. The largest absolute Gasteiger partial charge is 0.477 e. The van der Waals surface area contributed by atoms with Crippen molar-refractivity contribution in [1.29, 1.82) is 0 Å². The lowest BCUT2D eigenvalue weighted by atomic mass is 9.95. The summed E-state index contributed by atoms with van der Waals surface area (Å²) < 4.78 is 7.03. The van der Waals surface area contributed by atoms with Crippen LogP contribution in [0.15, 0.2) is 48.5 Å². The van der Waals surface area contributed by atoms with E-state index >= 15 is 0 Å². The van der Waals surface area contributed by atoms with Crippen molar-refractivity contribution in [2.45, 2.75) is 59.0 Å². The van der Waals surface area contributed by atoms with Gasteiger partial charge in [0.05, 0.1) is 11.3 Å². The van der Waals surface area contributed by atoms with Gasteiger partial charge in [-0.1, -0.05) is 55.8 Å². The average Bonchev–Trinajstić information content (AvgIpc) is 3.06. The molecular formula is C27H32N2O4. The highest BCUT2D eigenvalue weighted by Gasteiger charge is 2.22. The third kappa shape index (κ3) is 5.89. The molecule has 6 nitrogen and oxygen atoms in total. The second kappa shape index (κ2) is 10.0. The zero-order chi connectivity index (χ0) is 24.2. The van der Waals surface area contributed by atoms with Gasteiger partial charge in [-0.3, -0.25) is 4.68 Å². The lowest BCUT2D eigenvalue weighted by Crippen LogP contribution is -2.24. The predicted octanol–water partition coefficient (Wildman–Crippen LogP) is 5.67. The van der Waals surface area contributed by atoms with Crippen LogP contribution in [0.3, 0.4) is 0 Å². The molecular weight excluding hydrogens is 416 g/mol. The van der Waals surface area contributed by atoms with Gasteiger partial charge in [0, 0.05) is 19.0 Å². The predicted molar refractivity (Wildman–Crippen MR) is 129 cm³/mol. The number of carbonyl (C=O) groups excluding carboxylic acids is 1. The van der Waals surface area contributed by atoms with Gasteiger partial charge in [-0.25, -0.2) is 9.59 Å². The van der Waals surface area contributed by atoms with Crippen LogP contribution in [0, 0.1) is 0 Å². The van der Waals surface area contributed by atoms with Crippen molar-refractivity contribution in [2.24, 2.45) is 7.05 Å². The molecule has 3 aromatic rings. The minimum absolute atomic E-state index is 0.237. The topological polar surface area (TPSA) is 81.4 Å². The number of aromatic carboxylic acids is 1. The summed E-state index contributed by atoms with van der Waals surface area (Å²) in [4.78, 5) is 24.6. The van der Waals surface area contributed by atoms with Crippen LogP contribution < -0.4 is 0 Å². The Bertz CT molecular complexity index is 1140. The first-order valence-corrected chi connectivity index (χ1v) is 11.3. The number of rotatable bonds is 8. The van der Waals surface area contributed by atoms with Crippen LogP contribution in [0.25, 0.3) is 11.1 Å². The Morgan fingerprint density at radius 2 is 1.73 bits per heavy atom. The van der Waals surface area contributed by atoms with Crippen molar-refractivity contribution >= 4 is 11.9 Å². The SMILES string of the molecule is CCCCc1nn(C)c(C(=O)O)c1Cc1ccc(-c2ccccc2C(=O)OC(C)(C)C)cc1. The zero-order valence-electron chi connectivity index (χ0n) is 20.0. The van der Waals surface area contributed by atoms with Gasteiger partial charge in [-0.05, 0) is 56.4 Å². The molecule has 0 amide bonds. The molecule has 3 rings (SSSR count). The Morgan fingerprint density at radius 3 is 2.33 bits per heavy atom. The van der Waals surface area contributed by atoms with Crippen molar-refractivity contribution in [3.63, 3.8) is 0 Å². The van der Waals surface area contributed by atoms with Crippen LogP contribution in [-0.4, -0.2) is 32.4 Å². The fraction of sp³-hybridized carbons (Fsp3) is 0.370. The highest BCUT2D eigenvalue weighted by Crippen LogP contribution is 2.27. The number of ether oxygens (including phenoxy) is 1. The molecule has 174 valence electrons. The smallest absolute Gasteiger partial charge is 0.354 e.